The van der Waals surface area contributed by atoms with Crippen molar-refractivity contribution < 1.29 is 0 Å². The Morgan fingerprint density at radius 2 is 0.750 bits per heavy atom. The Bertz CT molecular complexity index is 4.00. The Morgan fingerprint density at radius 3 is 0.750 bits per heavy atom. The summed E-state index contributed by atoms with van der Waals surface area (Å²) in [6, 6.07) is 0. The molecule has 0 nitrogen and oxygen atoms in total. The van der Waals surface area contributed by atoms with E-state index in [1.165, 1.54) is 0 Å². The molecule has 0 aromatic carbocycles. The monoisotopic (exact) mass is 300 g/mol. The van der Waals surface area contributed by atoms with Crippen LogP contribution in [0, 0.1) is 0 Å². The minimum absolute atomic E-state index is 0.822. The van der Waals surface area contributed by atoms with E-state index in [-0.39, 0.29) is 0 Å². The van der Waals surface area contributed by atoms with Crippen molar-refractivity contribution in [1.82, 2.24) is 0 Å². The zero-order valence-electron chi connectivity index (χ0n) is 1.91. The van der Waals surface area contributed by atoms with Gasteiger partial charge in [0.25, 0.3) is 0 Å². The van der Waals surface area contributed by atoms with Gasteiger partial charge in [-0.3, -0.25) is 0 Å². The molecule has 4 heteroatoms. The molecule has 20 valence electrons. The second-order valence-electron chi connectivity index (χ2n) is 0. The van der Waals surface area contributed by atoms with Gasteiger partial charge in [0.2, 0.25) is 0 Å². The molecule has 0 aromatic heterocycles. The second kappa shape index (κ2) is 18.4. The predicted molar refractivity (Wildman–Crippen MR) is 23.2 cm³/mol. The Labute approximate surface area is 62.5 Å². The van der Waals surface area contributed by atoms with Crippen LogP contribution in [0.25, 0.3) is 0 Å². The van der Waals surface area contributed by atoms with Gasteiger partial charge in [-0.25, -0.2) is 0 Å². The van der Waals surface area contributed by atoms with Crippen LogP contribution < -0.4 is 0 Å². The standard InChI is InChI=1S/2ClH.2In/h2*1H;;/q;;2*+1/p-2. The van der Waals surface area contributed by atoms with Crippen molar-refractivity contribution in [2.45, 2.75) is 0 Å². The molecule has 0 bridgehead atoms. The molecule has 0 amide bonds. The molecule has 0 fully saturated rings. The molecule has 0 heterocycles. The SMILES string of the molecule is [Cl][In].[Cl][In]. The molecule has 0 aliphatic carbocycles. The molecule has 0 aromatic rings. The molecule has 0 unspecified atom stereocenters. The van der Waals surface area contributed by atoms with Crippen molar-refractivity contribution in [3.05, 3.63) is 0 Å². The normalized spacial score (nSPS) is 2.50. The zero-order chi connectivity index (χ0) is 4.00. The molecule has 0 atom stereocenters. The first kappa shape index (κ1) is 9.58. The van der Waals surface area contributed by atoms with Crippen LogP contribution >= 0.6 is 17.2 Å². The van der Waals surface area contributed by atoms with Gasteiger partial charge in [0.05, 0.1) is 0 Å². The quantitative estimate of drug-likeness (QED) is 0.615. The van der Waals surface area contributed by atoms with E-state index < -0.39 is 0 Å². The minimum atomic E-state index is 0.822. The molecule has 4 radical (unpaired) electrons. The third kappa shape index (κ3) is 8.85. The number of rotatable bonds is 0. The molecule has 4 heavy (non-hydrogen) atoms. The van der Waals surface area contributed by atoms with Crippen LogP contribution in [0.1, 0.15) is 0 Å². The van der Waals surface area contributed by atoms with Gasteiger partial charge >= 0.3 is 63.5 Å². The van der Waals surface area contributed by atoms with E-state index >= 15 is 0 Å². The van der Waals surface area contributed by atoms with Crippen molar-refractivity contribution in [3.63, 3.8) is 0 Å². The Morgan fingerprint density at radius 1 is 0.750 bits per heavy atom. The fourth-order valence-electron chi connectivity index (χ4n) is 0. The van der Waals surface area contributed by atoms with E-state index in [0.29, 0.717) is 0 Å². The number of hydrogen-bond acceptors (Lipinski definition) is 0. The number of halogens is 2. The van der Waals surface area contributed by atoms with E-state index in [4.69, 9.17) is 17.2 Å². The summed E-state index contributed by atoms with van der Waals surface area (Å²) < 4.78 is 0. The molecule has 0 saturated heterocycles. The van der Waals surface area contributed by atoms with Crippen LogP contribution in [0.2, 0.25) is 0 Å². The summed E-state index contributed by atoms with van der Waals surface area (Å²) in [6.45, 7) is 0. The third-order valence-electron chi connectivity index (χ3n) is 0. The summed E-state index contributed by atoms with van der Waals surface area (Å²) in [7, 11) is 9.54. The maximum atomic E-state index is 4.77. The van der Waals surface area contributed by atoms with Gasteiger partial charge in [0.1, 0.15) is 0 Å². The fraction of sp³-hybridized carbons (Fsp3) is 0. The van der Waals surface area contributed by atoms with Gasteiger partial charge in [-0.2, -0.15) is 0 Å². The maximum absolute atomic E-state index is 4.77. The van der Waals surface area contributed by atoms with Crippen LogP contribution in [0.4, 0.5) is 0 Å². The molecule has 0 N–H and O–H groups in total. The van der Waals surface area contributed by atoms with Gasteiger partial charge in [-0.1, -0.05) is 0 Å². The van der Waals surface area contributed by atoms with Gasteiger partial charge in [-0.15, -0.1) is 0 Å². The van der Waals surface area contributed by atoms with Crippen molar-refractivity contribution in [3.8, 4) is 0 Å². The predicted octanol–water partition coefficient (Wildman–Crippen LogP) is 0.617. The first-order chi connectivity index (χ1) is 2.00. The van der Waals surface area contributed by atoms with Crippen LogP contribution in [0.5, 0.6) is 0 Å². The fourth-order valence-corrected chi connectivity index (χ4v) is 0. The van der Waals surface area contributed by atoms with E-state index in [1.807, 2.05) is 0 Å². The van der Waals surface area contributed by atoms with Crippen molar-refractivity contribution in [2.24, 2.45) is 0 Å². The summed E-state index contributed by atoms with van der Waals surface area (Å²) in [5.41, 5.74) is 0. The summed E-state index contributed by atoms with van der Waals surface area (Å²) in [6.07, 6.45) is 0. The van der Waals surface area contributed by atoms with Crippen LogP contribution in [-0.4, -0.2) is 46.4 Å². The second-order valence-corrected chi connectivity index (χ2v) is 0. The molecule has 0 aliphatic heterocycles. The first-order valence-electron chi connectivity index (χ1n) is 0.436. The Hall–Kier alpha value is 2.32. The van der Waals surface area contributed by atoms with Gasteiger partial charge in [-0.05, 0) is 0 Å². The summed E-state index contributed by atoms with van der Waals surface area (Å²) in [5.74, 6) is 0. The van der Waals surface area contributed by atoms with E-state index in [2.05, 4.69) is 0 Å². The number of hydrogen-bond donors (Lipinski definition) is 0. The van der Waals surface area contributed by atoms with Gasteiger partial charge in [0.15, 0.2) is 0 Å². The van der Waals surface area contributed by atoms with Crippen LogP contribution in [-0.2, 0) is 0 Å². The zero-order valence-corrected chi connectivity index (χ0v) is 10.0. The van der Waals surface area contributed by atoms with E-state index in [1.54, 1.807) is 0 Å². The van der Waals surface area contributed by atoms with Crippen molar-refractivity contribution in [2.75, 3.05) is 0 Å². The average molecular weight is 301 g/mol. The molecule has 0 rings (SSSR count). The molecular weight excluding hydrogens is 301 g/mol. The van der Waals surface area contributed by atoms with Crippen LogP contribution in [0.15, 0.2) is 0 Å². The average Bonchev–Trinajstić information content (AvgIpc) is 1.50. The Balaban J connectivity index is 0. The molecular formula is Cl2In2. The summed E-state index contributed by atoms with van der Waals surface area (Å²) in [5, 5.41) is 0. The Kier molecular flexibility index (Phi) is 44.2. The van der Waals surface area contributed by atoms with E-state index in [0.717, 1.165) is 46.4 Å². The van der Waals surface area contributed by atoms with Crippen LogP contribution in [0.3, 0.4) is 0 Å². The molecule has 0 aliphatic rings. The molecule has 0 saturated carbocycles. The van der Waals surface area contributed by atoms with Gasteiger partial charge < -0.3 is 0 Å². The summed E-state index contributed by atoms with van der Waals surface area (Å²) in [4.78, 5) is 0. The topological polar surface area (TPSA) is 0 Å². The van der Waals surface area contributed by atoms with E-state index in [9.17, 15) is 0 Å². The summed E-state index contributed by atoms with van der Waals surface area (Å²) >= 11 is 1.64. The van der Waals surface area contributed by atoms with Crippen molar-refractivity contribution >= 4 is 63.5 Å². The third-order valence-corrected chi connectivity index (χ3v) is 0. The van der Waals surface area contributed by atoms with Crippen molar-refractivity contribution in [1.29, 1.82) is 0 Å². The first-order valence-corrected chi connectivity index (χ1v) is 8.78. The van der Waals surface area contributed by atoms with Gasteiger partial charge in [0, 0.05) is 0 Å². The molecule has 0 spiro atoms.